The Hall–Kier alpha value is 3.44. The molecule has 0 aliphatic heterocycles. The van der Waals surface area contributed by atoms with E-state index in [1.807, 2.05) is 0 Å². The summed E-state index contributed by atoms with van der Waals surface area (Å²) in [5, 5.41) is 0. The van der Waals surface area contributed by atoms with E-state index in [2.05, 4.69) is 0 Å². The van der Waals surface area contributed by atoms with E-state index < -0.39 is 0 Å². The van der Waals surface area contributed by atoms with Crippen LogP contribution in [-0.2, 0) is 53.1 Å². The van der Waals surface area contributed by atoms with Crippen molar-refractivity contribution in [2.45, 2.75) is 0 Å². The first-order valence-electron chi connectivity index (χ1n) is 0. The van der Waals surface area contributed by atoms with Crippen molar-refractivity contribution in [3.05, 3.63) is 0 Å². The van der Waals surface area contributed by atoms with Crippen LogP contribution in [0.25, 0.3) is 0 Å². The van der Waals surface area contributed by atoms with Crippen LogP contribution in [0.5, 0.6) is 0 Å². The third-order valence-electron chi connectivity index (χ3n) is 0. The van der Waals surface area contributed by atoms with Crippen LogP contribution in [0.3, 0.4) is 0 Å². The molecule has 2 nitrogen and oxygen atoms in total. The molecular formula is CeMgMo2O2+9. The molecule has 0 saturated carbocycles. The van der Waals surface area contributed by atoms with Crippen molar-refractivity contribution in [3.63, 3.8) is 0 Å². The van der Waals surface area contributed by atoms with Crippen LogP contribution in [0.15, 0.2) is 0 Å². The van der Waals surface area contributed by atoms with Crippen LogP contribution in [0.1, 0.15) is 0 Å². The molecule has 0 amide bonds. The quantitative estimate of drug-likeness (QED) is 0.497. The number of hydrogen-bond acceptors (Lipinski definition) is 0. The third-order valence-corrected chi connectivity index (χ3v) is 0. The Kier molecular flexibility index (Phi) is 374. The van der Waals surface area contributed by atoms with Gasteiger partial charge in [-0.1, -0.05) is 0 Å². The van der Waals surface area contributed by atoms with Gasteiger partial charge in [0.15, 0.2) is 0 Å². The average molecular weight is 388 g/mol. The Morgan fingerprint density at radius 1 is 0.667 bits per heavy atom. The summed E-state index contributed by atoms with van der Waals surface area (Å²) in [4.78, 5) is 0. The van der Waals surface area contributed by atoms with Gasteiger partial charge in [0, 0.05) is 0 Å². The maximum atomic E-state index is 0. The zero-order valence-corrected chi connectivity index (χ0v) is 11.4. The average Bonchev–Trinajstić information content (AvgIpc) is 0. The molecule has 6 heteroatoms. The Morgan fingerprint density at radius 3 is 0.667 bits per heavy atom. The van der Waals surface area contributed by atoms with Crippen molar-refractivity contribution >= 4 is 23.1 Å². The topological polar surface area (TPSA) is 57.0 Å². The molecule has 0 unspecified atom stereocenters. The minimum absolute atomic E-state index is 0. The summed E-state index contributed by atoms with van der Waals surface area (Å²) in [5.74, 6) is 0. The molecule has 0 N–H and O–H groups in total. The first-order chi connectivity index (χ1) is 0. The standard InChI is InChI=1S/Ce.Mg.2Mo.2O/q+3;+2;2*+4;2*-2. The normalized spacial score (nSPS) is 0. The molecule has 6 heavy (non-hydrogen) atoms. The molecule has 0 atom stereocenters. The van der Waals surface area contributed by atoms with Gasteiger partial charge in [-0.3, -0.25) is 0 Å². The molecule has 0 aliphatic rings. The predicted molar refractivity (Wildman–Crippen MR) is 7.13 cm³/mol. The van der Waals surface area contributed by atoms with Gasteiger partial charge in [0.1, 0.15) is 0 Å². The van der Waals surface area contributed by atoms with Crippen molar-refractivity contribution in [2.24, 2.45) is 0 Å². The summed E-state index contributed by atoms with van der Waals surface area (Å²) in [6, 6.07) is 0. The van der Waals surface area contributed by atoms with Crippen LogP contribution < -0.4 is 0 Å². The minimum atomic E-state index is 0. The second kappa shape index (κ2) is 39.5. The number of hydrogen-bond donors (Lipinski definition) is 0. The zero-order valence-electron chi connectivity index (χ0n) is 2.84. The van der Waals surface area contributed by atoms with E-state index in [0.717, 1.165) is 0 Å². The van der Waals surface area contributed by atoms with E-state index in [9.17, 15) is 0 Å². The van der Waals surface area contributed by atoms with E-state index in [1.54, 1.807) is 0 Å². The maximum absolute atomic E-state index is 0. The monoisotopic (exact) mass is 392 g/mol. The van der Waals surface area contributed by atoms with Gasteiger partial charge >= 0.3 is 107 Å². The van der Waals surface area contributed by atoms with Gasteiger partial charge in [-0.15, -0.1) is 0 Å². The number of rotatable bonds is 0. The summed E-state index contributed by atoms with van der Waals surface area (Å²) in [5.41, 5.74) is 0. The molecular weight excluding hydrogens is 388 g/mol. The Morgan fingerprint density at radius 2 is 0.667 bits per heavy atom. The molecule has 0 aliphatic carbocycles. The first-order valence-corrected chi connectivity index (χ1v) is 0. The largest absolute Gasteiger partial charge is 4.00 e. The molecule has 0 heterocycles. The van der Waals surface area contributed by atoms with E-state index in [4.69, 9.17) is 0 Å². The van der Waals surface area contributed by atoms with Gasteiger partial charge in [0.05, 0.1) is 0 Å². The fraction of sp³-hybridized carbons (Fsp3) is 0. The van der Waals surface area contributed by atoms with Crippen molar-refractivity contribution in [3.8, 4) is 0 Å². The van der Waals surface area contributed by atoms with Crippen LogP contribution >= 0.6 is 0 Å². The molecule has 21 valence electrons. The van der Waals surface area contributed by atoms with Crippen molar-refractivity contribution in [1.29, 1.82) is 0 Å². The molecule has 0 aromatic rings. The van der Waals surface area contributed by atoms with Gasteiger partial charge in [0.25, 0.3) is 0 Å². The van der Waals surface area contributed by atoms with Crippen molar-refractivity contribution in [2.75, 3.05) is 0 Å². The first kappa shape index (κ1) is 56.8. The molecule has 0 rings (SSSR count). The minimum Gasteiger partial charge on any atom is -2.00 e. The van der Waals surface area contributed by atoms with Crippen molar-refractivity contribution < 1.29 is 94.8 Å². The van der Waals surface area contributed by atoms with Gasteiger partial charge < -0.3 is 11.0 Å². The maximum Gasteiger partial charge on any atom is 4.00 e. The predicted octanol–water partition coefficient (Wildman–Crippen LogP) is -0.623. The van der Waals surface area contributed by atoms with E-state index in [-0.39, 0.29) is 118 Å². The third kappa shape index (κ3) is 26.1. The second-order valence-electron chi connectivity index (χ2n) is 0. The van der Waals surface area contributed by atoms with Crippen LogP contribution in [0.4, 0.5) is 0 Å². The van der Waals surface area contributed by atoms with Crippen LogP contribution in [0, 0.1) is 41.7 Å². The fourth-order valence-electron chi connectivity index (χ4n) is 0. The second-order valence-corrected chi connectivity index (χ2v) is 0. The Bertz CT molecular complexity index is 11.5. The fourth-order valence-corrected chi connectivity index (χ4v) is 0. The van der Waals surface area contributed by atoms with E-state index >= 15 is 0 Å². The SMILES string of the molecule is [Ce+3].[Mg+2].[Mo+4].[Mo+4].[O-2].[O-2]. The molecule has 1 radical (unpaired) electrons. The molecule has 0 aromatic carbocycles. The molecule has 0 fully saturated rings. The Balaban J connectivity index is 0. The summed E-state index contributed by atoms with van der Waals surface area (Å²) >= 11 is 0. The molecule has 0 spiro atoms. The Labute approximate surface area is 115 Å². The molecule has 0 saturated heterocycles. The summed E-state index contributed by atoms with van der Waals surface area (Å²) in [7, 11) is 0. The zero-order chi connectivity index (χ0) is 0. The smallest absolute Gasteiger partial charge is 2.00 e. The summed E-state index contributed by atoms with van der Waals surface area (Å²) in [6.45, 7) is 0. The molecule has 0 bridgehead atoms. The van der Waals surface area contributed by atoms with Gasteiger partial charge in [-0.2, -0.15) is 0 Å². The summed E-state index contributed by atoms with van der Waals surface area (Å²) < 4.78 is 0. The van der Waals surface area contributed by atoms with Gasteiger partial charge in [0.2, 0.25) is 0 Å². The van der Waals surface area contributed by atoms with Crippen LogP contribution in [-0.4, -0.2) is 23.1 Å². The van der Waals surface area contributed by atoms with Gasteiger partial charge in [-0.05, 0) is 0 Å². The van der Waals surface area contributed by atoms with Crippen molar-refractivity contribution in [1.82, 2.24) is 0 Å². The summed E-state index contributed by atoms with van der Waals surface area (Å²) in [6.07, 6.45) is 0. The van der Waals surface area contributed by atoms with Crippen LogP contribution in [0.2, 0.25) is 0 Å². The van der Waals surface area contributed by atoms with Gasteiger partial charge in [-0.25, -0.2) is 0 Å². The molecule has 0 aromatic heterocycles. The van der Waals surface area contributed by atoms with E-state index in [1.165, 1.54) is 0 Å². The van der Waals surface area contributed by atoms with E-state index in [0.29, 0.717) is 0 Å².